The van der Waals surface area contributed by atoms with Crippen LogP contribution in [0.25, 0.3) is 10.9 Å². The lowest BCUT2D eigenvalue weighted by Gasteiger charge is -2.15. The Morgan fingerprint density at radius 2 is 2.00 bits per heavy atom. The second-order valence-corrected chi connectivity index (χ2v) is 5.80. The van der Waals surface area contributed by atoms with Crippen molar-refractivity contribution >= 4 is 26.9 Å². The van der Waals surface area contributed by atoms with E-state index in [-0.39, 0.29) is 6.54 Å². The molecule has 0 unspecified atom stereocenters. The van der Waals surface area contributed by atoms with E-state index < -0.39 is 10.2 Å². The molecule has 0 atom stereocenters. The Morgan fingerprint density at radius 1 is 1.32 bits per heavy atom. The summed E-state index contributed by atoms with van der Waals surface area (Å²) < 4.78 is 24.3. The molecule has 3 N–H and O–H groups in total. The summed E-state index contributed by atoms with van der Waals surface area (Å²) in [5.74, 6) is 0.768. The summed E-state index contributed by atoms with van der Waals surface area (Å²) in [4.78, 5) is 6.37. The molecule has 0 fully saturated rings. The summed E-state index contributed by atoms with van der Waals surface area (Å²) in [6, 6.07) is 9.43. The fourth-order valence-electron chi connectivity index (χ4n) is 1.79. The first-order chi connectivity index (χ1) is 8.87. The van der Waals surface area contributed by atoms with Crippen LogP contribution in [0.1, 0.15) is 5.56 Å². The molecule has 0 aliphatic heterocycles. The number of aromatic nitrogens is 1. The zero-order chi connectivity index (χ0) is 14.0. The number of para-hydroxylation sites is 1. The Labute approximate surface area is 112 Å². The van der Waals surface area contributed by atoms with Crippen molar-refractivity contribution < 1.29 is 8.42 Å². The highest BCUT2D eigenvalue weighted by atomic mass is 32.2. The maximum Gasteiger partial charge on any atom is 0.274 e. The molecule has 0 spiro atoms. The molecule has 7 heteroatoms. The largest absolute Gasteiger partial charge is 0.363 e. The highest BCUT2D eigenvalue weighted by molar-refractivity contribution is 7.87. The first-order valence-corrected chi connectivity index (χ1v) is 7.25. The molecule has 1 heterocycles. The normalized spacial score (nSPS) is 11.7. The predicted molar refractivity (Wildman–Crippen MR) is 76.0 cm³/mol. The highest BCUT2D eigenvalue weighted by Gasteiger charge is 2.09. The monoisotopic (exact) mass is 280 g/mol. The summed E-state index contributed by atoms with van der Waals surface area (Å²) in [5.41, 5.74) is 1.66. The van der Waals surface area contributed by atoms with Crippen molar-refractivity contribution in [2.45, 2.75) is 6.54 Å². The smallest absolute Gasteiger partial charge is 0.274 e. The summed E-state index contributed by atoms with van der Waals surface area (Å²) in [7, 11) is 0.0578. The molecule has 1 aromatic heterocycles. The van der Waals surface area contributed by atoms with Crippen molar-refractivity contribution in [1.29, 1.82) is 0 Å². The zero-order valence-corrected chi connectivity index (χ0v) is 11.6. The molecule has 1 aromatic carbocycles. The van der Waals surface area contributed by atoms with E-state index in [1.165, 1.54) is 0 Å². The number of hydrogen-bond acceptors (Lipinski definition) is 4. The molecule has 2 rings (SSSR count). The molecular formula is C12H16N4O2S. The van der Waals surface area contributed by atoms with Gasteiger partial charge >= 0.3 is 0 Å². The first-order valence-electron chi connectivity index (χ1n) is 5.70. The Morgan fingerprint density at radius 3 is 2.63 bits per heavy atom. The average molecular weight is 280 g/mol. The number of nitrogens with two attached hydrogens (primary N) is 1. The highest BCUT2D eigenvalue weighted by Crippen LogP contribution is 2.21. The second-order valence-electron chi connectivity index (χ2n) is 4.42. The maximum atomic E-state index is 11.0. The van der Waals surface area contributed by atoms with Gasteiger partial charge in [-0.3, -0.25) is 0 Å². The molecular weight excluding hydrogens is 264 g/mol. The van der Waals surface area contributed by atoms with Crippen LogP contribution in [0.4, 0.5) is 5.82 Å². The van der Waals surface area contributed by atoms with Crippen molar-refractivity contribution in [1.82, 2.24) is 9.71 Å². The van der Waals surface area contributed by atoms with E-state index in [1.54, 1.807) is 0 Å². The van der Waals surface area contributed by atoms with Crippen LogP contribution in [-0.2, 0) is 16.8 Å². The molecule has 0 saturated heterocycles. The van der Waals surface area contributed by atoms with Gasteiger partial charge < -0.3 is 4.90 Å². The third-order valence-electron chi connectivity index (χ3n) is 2.71. The lowest BCUT2D eigenvalue weighted by atomic mass is 10.1. The first kappa shape index (κ1) is 13.7. The van der Waals surface area contributed by atoms with Crippen LogP contribution in [0.2, 0.25) is 0 Å². The lowest BCUT2D eigenvalue weighted by Crippen LogP contribution is -2.30. The standard InChI is InChI=1S/C12H16N4O2S/c1-16(2)12-7-9(8-14-19(13,17)18)10-5-3-4-6-11(10)15-12/h3-7,14H,8H2,1-2H3,(H2,13,17,18). The van der Waals surface area contributed by atoms with Gasteiger partial charge in [-0.2, -0.15) is 13.1 Å². The number of rotatable bonds is 4. The number of benzene rings is 1. The van der Waals surface area contributed by atoms with Gasteiger partial charge in [-0.1, -0.05) is 18.2 Å². The molecule has 2 aromatic rings. The van der Waals surface area contributed by atoms with Crippen LogP contribution in [0.3, 0.4) is 0 Å². The van der Waals surface area contributed by atoms with Crippen LogP contribution >= 0.6 is 0 Å². The summed E-state index contributed by atoms with van der Waals surface area (Å²) in [5, 5.41) is 5.87. The van der Waals surface area contributed by atoms with Gasteiger partial charge in [-0.15, -0.1) is 0 Å². The van der Waals surface area contributed by atoms with Gasteiger partial charge in [-0.25, -0.2) is 10.1 Å². The van der Waals surface area contributed by atoms with E-state index in [2.05, 4.69) is 9.71 Å². The van der Waals surface area contributed by atoms with Gasteiger partial charge in [0.2, 0.25) is 0 Å². The van der Waals surface area contributed by atoms with Crippen molar-refractivity contribution in [3.05, 3.63) is 35.9 Å². The lowest BCUT2D eigenvalue weighted by molar-refractivity contribution is 0.583. The fraction of sp³-hybridized carbons (Fsp3) is 0.250. The topological polar surface area (TPSA) is 88.3 Å². The minimum absolute atomic E-state index is 0.142. The van der Waals surface area contributed by atoms with E-state index in [9.17, 15) is 8.42 Å². The fourth-order valence-corrected chi connectivity index (χ4v) is 2.14. The van der Waals surface area contributed by atoms with Crippen molar-refractivity contribution in [3.8, 4) is 0 Å². The minimum Gasteiger partial charge on any atom is -0.363 e. The van der Waals surface area contributed by atoms with E-state index in [0.717, 1.165) is 22.3 Å². The van der Waals surface area contributed by atoms with Crippen molar-refractivity contribution in [2.75, 3.05) is 19.0 Å². The third kappa shape index (κ3) is 3.40. The molecule has 0 aliphatic rings. The maximum absolute atomic E-state index is 11.0. The molecule has 0 radical (unpaired) electrons. The molecule has 0 saturated carbocycles. The summed E-state index contributed by atoms with van der Waals surface area (Å²) in [6.45, 7) is 0.142. The number of anilines is 1. The summed E-state index contributed by atoms with van der Waals surface area (Å²) >= 11 is 0. The quantitative estimate of drug-likeness (QED) is 0.858. The van der Waals surface area contributed by atoms with E-state index >= 15 is 0 Å². The third-order valence-corrected chi connectivity index (χ3v) is 3.26. The van der Waals surface area contributed by atoms with Crippen LogP contribution in [0.15, 0.2) is 30.3 Å². The van der Waals surface area contributed by atoms with Crippen LogP contribution in [-0.4, -0.2) is 27.5 Å². The second kappa shape index (κ2) is 5.12. The SMILES string of the molecule is CN(C)c1cc(CNS(N)(=O)=O)c2ccccc2n1. The van der Waals surface area contributed by atoms with Gasteiger partial charge in [0.25, 0.3) is 10.2 Å². The zero-order valence-electron chi connectivity index (χ0n) is 10.8. The number of nitrogens with one attached hydrogen (secondary N) is 1. The Bertz CT molecular complexity index is 698. The Kier molecular flexibility index (Phi) is 3.70. The van der Waals surface area contributed by atoms with E-state index in [0.29, 0.717) is 0 Å². The van der Waals surface area contributed by atoms with Gasteiger partial charge in [0, 0.05) is 26.0 Å². The molecule has 0 bridgehead atoms. The van der Waals surface area contributed by atoms with Crippen LogP contribution in [0, 0.1) is 0 Å². The molecule has 0 amide bonds. The van der Waals surface area contributed by atoms with Gasteiger partial charge in [0.1, 0.15) is 5.82 Å². The van der Waals surface area contributed by atoms with Gasteiger partial charge in [0.15, 0.2) is 0 Å². The van der Waals surface area contributed by atoms with Crippen molar-refractivity contribution in [3.63, 3.8) is 0 Å². The average Bonchev–Trinajstić information content (AvgIpc) is 2.34. The van der Waals surface area contributed by atoms with Gasteiger partial charge in [0.05, 0.1) is 5.52 Å². The van der Waals surface area contributed by atoms with E-state index in [1.807, 2.05) is 49.3 Å². The van der Waals surface area contributed by atoms with Crippen LogP contribution in [0.5, 0.6) is 0 Å². The number of nitrogens with zero attached hydrogens (tertiary/aromatic N) is 2. The molecule has 102 valence electrons. The number of hydrogen-bond donors (Lipinski definition) is 2. The van der Waals surface area contributed by atoms with E-state index in [4.69, 9.17) is 5.14 Å². The van der Waals surface area contributed by atoms with Crippen LogP contribution < -0.4 is 14.8 Å². The Hall–Kier alpha value is -1.70. The van der Waals surface area contributed by atoms with Crippen molar-refractivity contribution in [2.24, 2.45) is 5.14 Å². The predicted octanol–water partition coefficient (Wildman–Crippen LogP) is 0.594. The summed E-state index contributed by atoms with van der Waals surface area (Å²) in [6.07, 6.45) is 0. The Balaban J connectivity index is 2.50. The molecule has 6 nitrogen and oxygen atoms in total. The minimum atomic E-state index is -3.71. The molecule has 19 heavy (non-hydrogen) atoms. The number of pyridine rings is 1. The molecule has 0 aliphatic carbocycles. The number of fused-ring (bicyclic) bond motifs is 1. The van der Waals surface area contributed by atoms with Gasteiger partial charge in [-0.05, 0) is 17.7 Å².